The smallest absolute Gasteiger partial charge is 0.189 e. The highest BCUT2D eigenvalue weighted by Gasteiger charge is 2.10. The molecule has 2 heteroatoms. The van der Waals surface area contributed by atoms with Gasteiger partial charge in [-0.25, -0.2) is 0 Å². The van der Waals surface area contributed by atoms with Crippen molar-refractivity contribution in [3.63, 3.8) is 0 Å². The number of allylic oxidation sites excluding steroid dienone is 2. The van der Waals surface area contributed by atoms with E-state index < -0.39 is 0 Å². The first kappa shape index (κ1) is 13.8. The van der Waals surface area contributed by atoms with E-state index in [1.54, 1.807) is 30.4 Å². The molecule has 0 saturated carbocycles. The van der Waals surface area contributed by atoms with E-state index in [9.17, 15) is 9.90 Å². The van der Waals surface area contributed by atoms with Gasteiger partial charge in [0.2, 0.25) is 0 Å². The highest BCUT2D eigenvalue weighted by molar-refractivity contribution is 6.09. The van der Waals surface area contributed by atoms with Crippen molar-refractivity contribution in [1.29, 1.82) is 0 Å². The molecule has 2 aromatic carbocycles. The lowest BCUT2D eigenvalue weighted by Crippen LogP contribution is -1.95. The summed E-state index contributed by atoms with van der Waals surface area (Å²) in [5, 5.41) is 10.1. The number of ketones is 1. The molecule has 0 amide bonds. The lowest BCUT2D eigenvalue weighted by atomic mass is 10.0. The molecule has 2 rings (SSSR count). The minimum Gasteiger partial charge on any atom is -0.507 e. The van der Waals surface area contributed by atoms with Crippen LogP contribution in [0.15, 0.2) is 60.7 Å². The molecule has 0 fully saturated rings. The van der Waals surface area contributed by atoms with Gasteiger partial charge >= 0.3 is 0 Å². The molecule has 2 aromatic rings. The summed E-state index contributed by atoms with van der Waals surface area (Å²) in [7, 11) is 0. The van der Waals surface area contributed by atoms with Gasteiger partial charge in [0.05, 0.1) is 5.56 Å². The van der Waals surface area contributed by atoms with Crippen molar-refractivity contribution in [2.75, 3.05) is 0 Å². The van der Waals surface area contributed by atoms with E-state index in [-0.39, 0.29) is 11.5 Å². The Balaban J connectivity index is 2.26. The molecule has 0 spiro atoms. The fourth-order valence-corrected chi connectivity index (χ4v) is 1.90. The van der Waals surface area contributed by atoms with Gasteiger partial charge in [-0.1, -0.05) is 60.7 Å². The third-order valence-corrected chi connectivity index (χ3v) is 2.91. The topological polar surface area (TPSA) is 37.3 Å². The van der Waals surface area contributed by atoms with Crippen molar-refractivity contribution >= 4 is 17.9 Å². The molecule has 0 saturated heterocycles. The van der Waals surface area contributed by atoms with E-state index in [0.29, 0.717) is 11.1 Å². The van der Waals surface area contributed by atoms with E-state index in [4.69, 9.17) is 0 Å². The van der Waals surface area contributed by atoms with E-state index in [1.807, 2.05) is 43.3 Å². The molecule has 0 aliphatic heterocycles. The molecule has 0 aliphatic rings. The van der Waals surface area contributed by atoms with Gasteiger partial charge in [0, 0.05) is 5.56 Å². The van der Waals surface area contributed by atoms with Crippen LogP contribution in [0.1, 0.15) is 28.4 Å². The second kappa shape index (κ2) is 6.53. The zero-order valence-electron chi connectivity index (χ0n) is 11.3. The van der Waals surface area contributed by atoms with Gasteiger partial charge in [0.1, 0.15) is 5.75 Å². The first-order valence-electron chi connectivity index (χ1n) is 6.44. The van der Waals surface area contributed by atoms with Gasteiger partial charge in [0.15, 0.2) is 5.78 Å². The number of phenolic OH excluding ortho intramolecular Hbond substituents is 1. The Kier molecular flexibility index (Phi) is 4.51. The van der Waals surface area contributed by atoms with Crippen molar-refractivity contribution in [3.8, 4) is 5.75 Å². The maximum atomic E-state index is 12.1. The summed E-state index contributed by atoms with van der Waals surface area (Å²) < 4.78 is 0. The molecule has 0 heterocycles. The number of hydrogen-bond acceptors (Lipinski definition) is 2. The molecule has 0 aromatic heterocycles. The van der Waals surface area contributed by atoms with Crippen LogP contribution in [-0.2, 0) is 0 Å². The average molecular weight is 264 g/mol. The Hall–Kier alpha value is -2.61. The van der Waals surface area contributed by atoms with Crippen LogP contribution >= 0.6 is 0 Å². The fraction of sp³-hybridized carbons (Fsp3) is 0.0556. The average Bonchev–Trinajstić information content (AvgIpc) is 2.48. The van der Waals surface area contributed by atoms with Crippen LogP contribution in [-0.4, -0.2) is 10.9 Å². The number of phenols is 1. The van der Waals surface area contributed by atoms with Crippen LogP contribution in [0, 0.1) is 0 Å². The predicted octanol–water partition coefficient (Wildman–Crippen LogP) is 4.32. The number of benzene rings is 2. The molecule has 0 unspecified atom stereocenters. The van der Waals surface area contributed by atoms with Gasteiger partial charge in [-0.05, 0) is 24.6 Å². The predicted molar refractivity (Wildman–Crippen MR) is 82.6 cm³/mol. The number of hydrogen-bond donors (Lipinski definition) is 1. The van der Waals surface area contributed by atoms with Crippen molar-refractivity contribution in [2.24, 2.45) is 0 Å². The van der Waals surface area contributed by atoms with Gasteiger partial charge in [-0.2, -0.15) is 0 Å². The second-order valence-corrected chi connectivity index (χ2v) is 4.35. The summed E-state index contributed by atoms with van der Waals surface area (Å²) in [5.41, 5.74) is 1.91. The molecule has 0 bridgehead atoms. The number of aromatic hydroxyl groups is 1. The summed E-state index contributed by atoms with van der Waals surface area (Å²) >= 11 is 0. The molecule has 0 atom stereocenters. The highest BCUT2D eigenvalue weighted by atomic mass is 16.3. The number of carbonyl (C=O) groups is 1. The van der Waals surface area contributed by atoms with E-state index in [2.05, 4.69) is 0 Å². The van der Waals surface area contributed by atoms with Crippen LogP contribution in [0.2, 0.25) is 0 Å². The summed E-state index contributed by atoms with van der Waals surface area (Å²) in [6, 6.07) is 14.7. The quantitative estimate of drug-likeness (QED) is 0.659. The Morgan fingerprint density at radius 2 is 1.75 bits per heavy atom. The van der Waals surface area contributed by atoms with E-state index in [0.717, 1.165) is 5.56 Å². The molecular weight excluding hydrogens is 248 g/mol. The van der Waals surface area contributed by atoms with Crippen molar-refractivity contribution in [1.82, 2.24) is 0 Å². The molecule has 0 radical (unpaired) electrons. The monoisotopic (exact) mass is 264 g/mol. The van der Waals surface area contributed by atoms with Crippen LogP contribution in [0.4, 0.5) is 0 Å². The highest BCUT2D eigenvalue weighted by Crippen LogP contribution is 2.24. The maximum absolute atomic E-state index is 12.1. The lowest BCUT2D eigenvalue weighted by Gasteiger charge is -2.04. The number of carbonyl (C=O) groups excluding carboxylic acids is 1. The zero-order chi connectivity index (χ0) is 14.4. The lowest BCUT2D eigenvalue weighted by molar-refractivity contribution is 0.104. The summed E-state index contributed by atoms with van der Waals surface area (Å²) in [4.78, 5) is 12.1. The standard InChI is InChI=1S/C18H16O2/c1-2-7-15-10-6-11-16(18(15)20)17(19)13-12-14-8-4-3-5-9-14/h2-13,20H,1H3/b7-2-,13-12+. The summed E-state index contributed by atoms with van der Waals surface area (Å²) in [5.74, 6) is -0.189. The minimum absolute atomic E-state index is 0.0216. The third-order valence-electron chi connectivity index (χ3n) is 2.91. The molecule has 0 aliphatic carbocycles. The molecule has 20 heavy (non-hydrogen) atoms. The Labute approximate surface area is 118 Å². The van der Waals surface area contributed by atoms with Crippen molar-refractivity contribution in [3.05, 3.63) is 77.4 Å². The van der Waals surface area contributed by atoms with Crippen LogP contribution in [0.3, 0.4) is 0 Å². The van der Waals surface area contributed by atoms with Crippen LogP contribution in [0.25, 0.3) is 12.2 Å². The Morgan fingerprint density at radius 1 is 1.00 bits per heavy atom. The summed E-state index contributed by atoms with van der Waals surface area (Å²) in [6.45, 7) is 1.86. The van der Waals surface area contributed by atoms with Gasteiger partial charge in [-0.15, -0.1) is 0 Å². The third kappa shape index (κ3) is 3.23. The zero-order valence-corrected chi connectivity index (χ0v) is 11.3. The first-order valence-corrected chi connectivity index (χ1v) is 6.44. The minimum atomic E-state index is -0.210. The Morgan fingerprint density at radius 3 is 2.45 bits per heavy atom. The molecule has 1 N–H and O–H groups in total. The molecule has 2 nitrogen and oxygen atoms in total. The van der Waals surface area contributed by atoms with Crippen LogP contribution in [0.5, 0.6) is 5.75 Å². The normalized spacial score (nSPS) is 11.2. The summed E-state index contributed by atoms with van der Waals surface area (Å²) in [6.07, 6.45) is 6.81. The molecule has 100 valence electrons. The second-order valence-electron chi connectivity index (χ2n) is 4.35. The van der Waals surface area contributed by atoms with E-state index >= 15 is 0 Å². The maximum Gasteiger partial charge on any atom is 0.189 e. The van der Waals surface area contributed by atoms with Crippen molar-refractivity contribution < 1.29 is 9.90 Å². The SMILES string of the molecule is C/C=C\c1cccc(C(=O)/C=C/c2ccccc2)c1O. The van der Waals surface area contributed by atoms with Crippen LogP contribution < -0.4 is 0 Å². The van der Waals surface area contributed by atoms with Gasteiger partial charge in [0.25, 0.3) is 0 Å². The Bertz CT molecular complexity index is 652. The fourth-order valence-electron chi connectivity index (χ4n) is 1.90. The van der Waals surface area contributed by atoms with Gasteiger partial charge < -0.3 is 5.11 Å². The first-order chi connectivity index (χ1) is 9.72. The largest absolute Gasteiger partial charge is 0.507 e. The number of para-hydroxylation sites is 1. The van der Waals surface area contributed by atoms with Gasteiger partial charge in [-0.3, -0.25) is 4.79 Å². The number of rotatable bonds is 4. The van der Waals surface area contributed by atoms with E-state index in [1.165, 1.54) is 6.08 Å². The van der Waals surface area contributed by atoms with Crippen molar-refractivity contribution in [2.45, 2.75) is 6.92 Å². The molecular formula is C18H16O2.